The Hall–Kier alpha value is -1.35. The summed E-state index contributed by atoms with van der Waals surface area (Å²) in [4.78, 5) is 12.5. The van der Waals surface area contributed by atoms with Gasteiger partial charge in [-0.3, -0.25) is 10.2 Å². The van der Waals surface area contributed by atoms with E-state index in [9.17, 15) is 4.79 Å². The number of nitrogens with zero attached hydrogens (tertiary/aromatic N) is 1. The maximum atomic E-state index is 12.5. The number of hydrazine groups is 1. The Morgan fingerprint density at radius 2 is 1.19 bits per heavy atom. The Morgan fingerprint density at radius 3 is 1.69 bits per heavy atom. The predicted molar refractivity (Wildman–Crippen MR) is 112 cm³/mol. The number of unbranched alkanes of at least 4 members (excludes halogenated alkanes) is 10. The van der Waals surface area contributed by atoms with E-state index in [1.807, 2.05) is 30.3 Å². The number of rotatable bonds is 16. The highest BCUT2D eigenvalue weighted by molar-refractivity contribution is 5.93. The minimum Gasteiger partial charge on any atom is -0.285 e. The summed E-state index contributed by atoms with van der Waals surface area (Å²) in [6.45, 7) is 6.42. The van der Waals surface area contributed by atoms with Gasteiger partial charge in [0.1, 0.15) is 0 Å². The zero-order chi connectivity index (χ0) is 18.9. The Bertz CT molecular complexity index is 431. The van der Waals surface area contributed by atoms with Crippen molar-refractivity contribution in [3.63, 3.8) is 0 Å². The second-order valence-electron chi connectivity index (χ2n) is 7.33. The molecule has 1 aromatic carbocycles. The molecule has 0 aromatic heterocycles. The van der Waals surface area contributed by atoms with E-state index in [1.54, 1.807) is 0 Å². The number of hydrogen-bond donors (Lipinski definition) is 1. The van der Waals surface area contributed by atoms with Gasteiger partial charge in [-0.05, 0) is 25.0 Å². The summed E-state index contributed by atoms with van der Waals surface area (Å²) >= 11 is 0. The number of hydrogen-bond acceptors (Lipinski definition) is 2. The minimum absolute atomic E-state index is 0.0163. The minimum atomic E-state index is 0.0163. The Morgan fingerprint density at radius 1 is 0.731 bits per heavy atom. The van der Waals surface area contributed by atoms with Crippen LogP contribution in [0.3, 0.4) is 0 Å². The highest BCUT2D eigenvalue weighted by Gasteiger charge is 2.10. The van der Waals surface area contributed by atoms with Gasteiger partial charge in [-0.1, -0.05) is 96.3 Å². The van der Waals surface area contributed by atoms with Crippen LogP contribution in [0, 0.1) is 0 Å². The molecule has 1 rings (SSSR count). The smallest absolute Gasteiger partial charge is 0.265 e. The molecular weight excluding hydrogens is 320 g/mol. The van der Waals surface area contributed by atoms with Crippen molar-refractivity contribution in [1.29, 1.82) is 0 Å². The van der Waals surface area contributed by atoms with Crippen LogP contribution in [0.4, 0.5) is 0 Å². The van der Waals surface area contributed by atoms with Gasteiger partial charge < -0.3 is 0 Å². The first-order valence-corrected chi connectivity index (χ1v) is 10.9. The van der Waals surface area contributed by atoms with Crippen molar-refractivity contribution < 1.29 is 4.79 Å². The molecule has 0 unspecified atom stereocenters. The van der Waals surface area contributed by atoms with Crippen molar-refractivity contribution >= 4 is 5.91 Å². The number of benzene rings is 1. The molecule has 0 aliphatic heterocycles. The van der Waals surface area contributed by atoms with Gasteiger partial charge in [0.2, 0.25) is 0 Å². The summed E-state index contributed by atoms with van der Waals surface area (Å²) < 4.78 is 0. The van der Waals surface area contributed by atoms with Crippen LogP contribution < -0.4 is 5.43 Å². The quantitative estimate of drug-likeness (QED) is 0.275. The first-order chi connectivity index (χ1) is 12.8. The zero-order valence-corrected chi connectivity index (χ0v) is 17.1. The molecule has 1 N–H and O–H groups in total. The average Bonchev–Trinajstić information content (AvgIpc) is 2.67. The van der Waals surface area contributed by atoms with E-state index >= 15 is 0 Å². The second kappa shape index (κ2) is 15.9. The van der Waals surface area contributed by atoms with Crippen LogP contribution in [-0.4, -0.2) is 24.0 Å². The van der Waals surface area contributed by atoms with Gasteiger partial charge in [0, 0.05) is 18.7 Å². The van der Waals surface area contributed by atoms with Gasteiger partial charge in [-0.15, -0.1) is 0 Å². The molecule has 3 nitrogen and oxygen atoms in total. The van der Waals surface area contributed by atoms with Gasteiger partial charge in [0.15, 0.2) is 0 Å². The molecule has 0 spiro atoms. The summed E-state index contributed by atoms with van der Waals surface area (Å²) in [5.41, 5.74) is 3.87. The van der Waals surface area contributed by atoms with Crippen LogP contribution in [0.5, 0.6) is 0 Å². The number of nitrogens with one attached hydrogen (secondary N) is 1. The van der Waals surface area contributed by atoms with Crippen molar-refractivity contribution in [3.05, 3.63) is 35.9 Å². The molecule has 0 bridgehead atoms. The lowest BCUT2D eigenvalue weighted by Crippen LogP contribution is -2.43. The molecule has 0 atom stereocenters. The summed E-state index contributed by atoms with van der Waals surface area (Å²) in [7, 11) is 0. The Kier molecular flexibility index (Phi) is 13.8. The fourth-order valence-electron chi connectivity index (χ4n) is 3.19. The standard InChI is InChI=1S/C23H40N2O/c1-3-5-7-9-11-16-20-25(21-17-12-10-8-6-4-2)24-23(26)22-18-14-13-15-19-22/h13-15,18-19H,3-12,16-17,20-21H2,1-2H3,(H,24,26). The van der Waals surface area contributed by atoms with Crippen LogP contribution in [0.15, 0.2) is 30.3 Å². The van der Waals surface area contributed by atoms with Gasteiger partial charge in [0.25, 0.3) is 5.91 Å². The third-order valence-corrected chi connectivity index (χ3v) is 4.86. The number of amides is 1. The van der Waals surface area contributed by atoms with Gasteiger partial charge in [-0.2, -0.15) is 0 Å². The third kappa shape index (κ3) is 11.3. The molecule has 1 aromatic rings. The van der Waals surface area contributed by atoms with E-state index in [0.717, 1.165) is 31.5 Å². The molecule has 0 saturated carbocycles. The molecular formula is C23H40N2O. The lowest BCUT2D eigenvalue weighted by molar-refractivity contribution is 0.0780. The van der Waals surface area contributed by atoms with Crippen LogP contribution in [0.1, 0.15) is 101 Å². The Labute approximate surface area is 161 Å². The SMILES string of the molecule is CCCCCCCCN(CCCCCCCC)NC(=O)c1ccccc1. The molecule has 1 amide bonds. The predicted octanol–water partition coefficient (Wildman–Crippen LogP) is 6.35. The van der Waals surface area contributed by atoms with Crippen molar-refractivity contribution in [2.75, 3.05) is 13.1 Å². The summed E-state index contributed by atoms with van der Waals surface area (Å²) in [6, 6.07) is 9.54. The molecule has 0 radical (unpaired) electrons. The highest BCUT2D eigenvalue weighted by atomic mass is 16.2. The summed E-state index contributed by atoms with van der Waals surface area (Å²) in [6.07, 6.45) is 15.4. The second-order valence-corrected chi connectivity index (χ2v) is 7.33. The molecule has 26 heavy (non-hydrogen) atoms. The summed E-state index contributed by atoms with van der Waals surface area (Å²) in [5.74, 6) is 0.0163. The van der Waals surface area contributed by atoms with E-state index < -0.39 is 0 Å². The van der Waals surface area contributed by atoms with E-state index in [0.29, 0.717) is 0 Å². The molecule has 0 fully saturated rings. The molecule has 0 saturated heterocycles. The lowest BCUT2D eigenvalue weighted by atomic mass is 10.1. The maximum absolute atomic E-state index is 12.5. The van der Waals surface area contributed by atoms with Crippen molar-refractivity contribution in [2.24, 2.45) is 0 Å². The Balaban J connectivity index is 2.35. The van der Waals surface area contributed by atoms with Gasteiger partial charge in [-0.25, -0.2) is 5.01 Å². The normalized spacial score (nSPS) is 11.0. The van der Waals surface area contributed by atoms with E-state index in [1.165, 1.54) is 64.2 Å². The van der Waals surface area contributed by atoms with Crippen LogP contribution >= 0.6 is 0 Å². The molecule has 0 aliphatic carbocycles. The van der Waals surface area contributed by atoms with E-state index in [4.69, 9.17) is 0 Å². The van der Waals surface area contributed by atoms with Crippen molar-refractivity contribution in [1.82, 2.24) is 10.4 Å². The average molecular weight is 361 g/mol. The molecule has 0 heterocycles. The largest absolute Gasteiger partial charge is 0.285 e. The topological polar surface area (TPSA) is 32.3 Å². The zero-order valence-electron chi connectivity index (χ0n) is 17.1. The summed E-state index contributed by atoms with van der Waals surface area (Å²) in [5, 5.41) is 2.15. The maximum Gasteiger partial charge on any atom is 0.265 e. The van der Waals surface area contributed by atoms with Gasteiger partial charge in [0.05, 0.1) is 0 Å². The lowest BCUT2D eigenvalue weighted by Gasteiger charge is -2.23. The number of carbonyl (C=O) groups is 1. The van der Waals surface area contributed by atoms with E-state index in [2.05, 4.69) is 24.3 Å². The molecule has 3 heteroatoms. The van der Waals surface area contributed by atoms with Crippen molar-refractivity contribution in [3.8, 4) is 0 Å². The fraction of sp³-hybridized carbons (Fsp3) is 0.696. The van der Waals surface area contributed by atoms with Crippen molar-refractivity contribution in [2.45, 2.75) is 90.9 Å². The first-order valence-electron chi connectivity index (χ1n) is 10.9. The third-order valence-electron chi connectivity index (χ3n) is 4.86. The van der Waals surface area contributed by atoms with E-state index in [-0.39, 0.29) is 5.91 Å². The van der Waals surface area contributed by atoms with Crippen LogP contribution in [-0.2, 0) is 0 Å². The van der Waals surface area contributed by atoms with Gasteiger partial charge >= 0.3 is 0 Å². The fourth-order valence-corrected chi connectivity index (χ4v) is 3.19. The highest BCUT2D eigenvalue weighted by Crippen LogP contribution is 2.08. The van der Waals surface area contributed by atoms with Crippen LogP contribution in [0.25, 0.3) is 0 Å². The molecule has 148 valence electrons. The first kappa shape index (κ1) is 22.7. The monoisotopic (exact) mass is 360 g/mol. The molecule has 0 aliphatic rings. The number of carbonyl (C=O) groups excluding carboxylic acids is 1. The van der Waals surface area contributed by atoms with Crippen LogP contribution in [0.2, 0.25) is 0 Å².